The van der Waals surface area contributed by atoms with Gasteiger partial charge in [-0.1, -0.05) is 23.4 Å². The zero-order valence-corrected chi connectivity index (χ0v) is 13.1. The first kappa shape index (κ1) is 13.2. The van der Waals surface area contributed by atoms with E-state index in [1.165, 1.54) is 12.8 Å². The molecule has 0 radical (unpaired) electrons. The Bertz CT molecular complexity index is 805. The van der Waals surface area contributed by atoms with Crippen molar-refractivity contribution in [2.75, 3.05) is 0 Å². The van der Waals surface area contributed by atoms with Gasteiger partial charge in [-0.2, -0.15) is 0 Å². The molecule has 4 rings (SSSR count). The molecule has 1 aliphatic rings. The van der Waals surface area contributed by atoms with Gasteiger partial charge in [0.15, 0.2) is 5.16 Å². The smallest absolute Gasteiger partial charge is 0.191 e. The van der Waals surface area contributed by atoms with Crippen LogP contribution in [-0.4, -0.2) is 24.3 Å². The molecular formula is C14H14ClN5S. The number of aromatic nitrogens is 5. The molecule has 0 saturated heterocycles. The largest absolute Gasteiger partial charge is 0.330 e. The summed E-state index contributed by atoms with van der Waals surface area (Å²) >= 11 is 7.71. The molecule has 0 unspecified atom stereocenters. The van der Waals surface area contributed by atoms with Gasteiger partial charge in [0.2, 0.25) is 0 Å². The predicted molar refractivity (Wildman–Crippen MR) is 83.6 cm³/mol. The van der Waals surface area contributed by atoms with Gasteiger partial charge in [-0.15, -0.1) is 10.2 Å². The molecule has 0 spiro atoms. The lowest BCUT2D eigenvalue weighted by Gasteiger charge is -2.04. The topological polar surface area (TPSA) is 48.5 Å². The molecule has 0 N–H and O–H groups in total. The summed E-state index contributed by atoms with van der Waals surface area (Å²) in [6.07, 6.45) is 4.29. The molecule has 21 heavy (non-hydrogen) atoms. The Kier molecular flexibility index (Phi) is 3.15. The summed E-state index contributed by atoms with van der Waals surface area (Å²) in [7, 11) is 2.03. The van der Waals surface area contributed by atoms with E-state index in [0.29, 0.717) is 11.1 Å². The van der Waals surface area contributed by atoms with Gasteiger partial charge in [-0.3, -0.25) is 0 Å². The fraction of sp³-hybridized carbons (Fsp3) is 0.357. The first-order valence-corrected chi connectivity index (χ1v) is 8.22. The molecule has 108 valence electrons. The summed E-state index contributed by atoms with van der Waals surface area (Å²) in [6.45, 7) is 0. The van der Waals surface area contributed by atoms with E-state index in [1.807, 2.05) is 31.6 Å². The number of halogens is 1. The van der Waals surface area contributed by atoms with Gasteiger partial charge < -0.3 is 9.13 Å². The second kappa shape index (κ2) is 5.03. The van der Waals surface area contributed by atoms with Crippen molar-refractivity contribution in [1.82, 2.24) is 24.3 Å². The van der Waals surface area contributed by atoms with Gasteiger partial charge in [-0.25, -0.2) is 4.98 Å². The number of benzene rings is 1. The monoisotopic (exact) mass is 319 g/mol. The quantitative estimate of drug-likeness (QED) is 0.691. The summed E-state index contributed by atoms with van der Waals surface area (Å²) in [5.41, 5.74) is 2.03. The summed E-state index contributed by atoms with van der Waals surface area (Å²) < 4.78 is 4.28. The molecule has 1 aliphatic carbocycles. The number of nitrogens with zero attached hydrogens (tertiary/aromatic N) is 5. The predicted octanol–water partition coefficient (Wildman–Crippen LogP) is 3.45. The van der Waals surface area contributed by atoms with Crippen LogP contribution in [0.1, 0.15) is 24.7 Å². The Morgan fingerprint density at radius 1 is 1.38 bits per heavy atom. The highest BCUT2D eigenvalue weighted by Crippen LogP contribution is 2.37. The number of hydrogen-bond donors (Lipinski definition) is 0. The number of rotatable bonds is 4. The molecule has 5 nitrogen and oxygen atoms in total. The molecular weight excluding hydrogens is 306 g/mol. The Morgan fingerprint density at radius 2 is 2.24 bits per heavy atom. The summed E-state index contributed by atoms with van der Waals surface area (Å²) in [5.74, 6) is 1.79. The highest BCUT2D eigenvalue weighted by molar-refractivity contribution is 7.98. The highest BCUT2D eigenvalue weighted by atomic mass is 35.5. The zero-order valence-electron chi connectivity index (χ0n) is 11.5. The van der Waals surface area contributed by atoms with Crippen LogP contribution in [0, 0.1) is 0 Å². The molecule has 0 aliphatic heterocycles. The summed E-state index contributed by atoms with van der Waals surface area (Å²) in [5, 5.41) is 9.92. The summed E-state index contributed by atoms with van der Waals surface area (Å²) in [4.78, 5) is 4.66. The van der Waals surface area contributed by atoms with Crippen LogP contribution in [-0.2, 0) is 12.8 Å². The maximum absolute atomic E-state index is 6.03. The maximum atomic E-state index is 6.03. The van der Waals surface area contributed by atoms with Crippen molar-refractivity contribution in [3.8, 4) is 0 Å². The third-order valence-corrected chi connectivity index (χ3v) is 4.93. The number of aryl methyl sites for hydroxylation is 1. The van der Waals surface area contributed by atoms with Crippen LogP contribution < -0.4 is 0 Å². The van der Waals surface area contributed by atoms with Gasteiger partial charge in [-0.05, 0) is 31.0 Å². The molecule has 0 atom stereocenters. The molecule has 0 bridgehead atoms. The van der Waals surface area contributed by atoms with Crippen LogP contribution >= 0.6 is 23.4 Å². The average molecular weight is 320 g/mol. The molecule has 3 aromatic rings. The van der Waals surface area contributed by atoms with E-state index < -0.39 is 0 Å². The second-order valence-electron chi connectivity index (χ2n) is 5.26. The average Bonchev–Trinajstić information content (AvgIpc) is 3.13. The Morgan fingerprint density at radius 3 is 3.05 bits per heavy atom. The van der Waals surface area contributed by atoms with Crippen molar-refractivity contribution in [3.05, 3.63) is 35.4 Å². The molecule has 7 heteroatoms. The summed E-state index contributed by atoms with van der Waals surface area (Å²) in [6, 6.07) is 6.40. The van der Waals surface area contributed by atoms with Gasteiger partial charge >= 0.3 is 0 Å². The third kappa shape index (κ3) is 2.42. The van der Waals surface area contributed by atoms with Crippen LogP contribution in [0.4, 0.5) is 0 Å². The van der Waals surface area contributed by atoms with E-state index in [9.17, 15) is 0 Å². The molecule has 2 aromatic heterocycles. The fourth-order valence-electron chi connectivity index (χ4n) is 2.42. The Balaban J connectivity index is 1.59. The van der Waals surface area contributed by atoms with Crippen LogP contribution in [0.2, 0.25) is 5.02 Å². The number of hydrogen-bond acceptors (Lipinski definition) is 4. The van der Waals surface area contributed by atoms with E-state index in [1.54, 1.807) is 11.8 Å². The van der Waals surface area contributed by atoms with Crippen LogP contribution in [0.25, 0.3) is 11.0 Å². The number of imidazole rings is 1. The molecule has 2 heterocycles. The van der Waals surface area contributed by atoms with Crippen LogP contribution in [0.3, 0.4) is 0 Å². The highest BCUT2D eigenvalue weighted by Gasteiger charge is 2.26. The lowest BCUT2D eigenvalue weighted by molar-refractivity contribution is 0.662. The number of thioether (sulfide) groups is 1. The van der Waals surface area contributed by atoms with Crippen molar-refractivity contribution in [3.63, 3.8) is 0 Å². The van der Waals surface area contributed by atoms with E-state index in [0.717, 1.165) is 27.8 Å². The van der Waals surface area contributed by atoms with E-state index in [-0.39, 0.29) is 0 Å². The minimum absolute atomic E-state index is 0.599. The SMILES string of the molecule is Cn1c(CSc2nncn2C2CC2)nc2cc(Cl)ccc21. The van der Waals surface area contributed by atoms with Gasteiger partial charge in [0.25, 0.3) is 0 Å². The first-order valence-electron chi connectivity index (χ1n) is 6.85. The third-order valence-electron chi connectivity index (χ3n) is 3.75. The lowest BCUT2D eigenvalue weighted by atomic mass is 10.3. The van der Waals surface area contributed by atoms with Crippen LogP contribution in [0.5, 0.6) is 0 Å². The van der Waals surface area contributed by atoms with Crippen molar-refractivity contribution in [1.29, 1.82) is 0 Å². The number of fused-ring (bicyclic) bond motifs is 1. The Labute approximate surface area is 131 Å². The van der Waals surface area contributed by atoms with E-state index in [2.05, 4.69) is 24.3 Å². The van der Waals surface area contributed by atoms with E-state index in [4.69, 9.17) is 11.6 Å². The lowest BCUT2D eigenvalue weighted by Crippen LogP contribution is -1.98. The molecule has 1 aromatic carbocycles. The normalized spacial score (nSPS) is 15.0. The van der Waals surface area contributed by atoms with Gasteiger partial charge in [0.05, 0.1) is 16.8 Å². The van der Waals surface area contributed by atoms with Crippen molar-refractivity contribution < 1.29 is 0 Å². The minimum atomic E-state index is 0.599. The molecule has 1 saturated carbocycles. The minimum Gasteiger partial charge on any atom is -0.330 e. The molecule has 0 amide bonds. The molecule has 1 fully saturated rings. The van der Waals surface area contributed by atoms with E-state index >= 15 is 0 Å². The standard InChI is InChI=1S/C14H14ClN5S/c1-19-12-5-2-9(15)6-11(12)17-13(19)7-21-14-18-16-8-20(14)10-3-4-10/h2,5-6,8,10H,3-4,7H2,1H3. The van der Waals surface area contributed by atoms with Crippen molar-refractivity contribution in [2.24, 2.45) is 7.05 Å². The van der Waals surface area contributed by atoms with Gasteiger partial charge in [0, 0.05) is 18.1 Å². The van der Waals surface area contributed by atoms with Crippen molar-refractivity contribution >= 4 is 34.4 Å². The fourth-order valence-corrected chi connectivity index (χ4v) is 3.55. The first-order chi connectivity index (χ1) is 10.2. The Hall–Kier alpha value is -1.53. The second-order valence-corrected chi connectivity index (χ2v) is 6.64. The van der Waals surface area contributed by atoms with Crippen molar-refractivity contribution in [2.45, 2.75) is 29.8 Å². The zero-order chi connectivity index (χ0) is 14.4. The van der Waals surface area contributed by atoms with Crippen LogP contribution in [0.15, 0.2) is 29.7 Å². The van der Waals surface area contributed by atoms with Gasteiger partial charge in [0.1, 0.15) is 12.2 Å². The maximum Gasteiger partial charge on any atom is 0.191 e.